The number of benzene rings is 1. The Morgan fingerprint density at radius 3 is 2.19 bits per heavy atom. The molecule has 0 amide bonds. The van der Waals surface area contributed by atoms with Gasteiger partial charge in [-0.3, -0.25) is 4.79 Å². The van der Waals surface area contributed by atoms with Gasteiger partial charge in [0, 0.05) is 12.5 Å². The van der Waals surface area contributed by atoms with E-state index in [9.17, 15) is 18.7 Å². The normalized spacial score (nSPS) is 12.9. The second-order valence-electron chi connectivity index (χ2n) is 4.11. The third kappa shape index (κ3) is 3.38. The van der Waals surface area contributed by atoms with E-state index in [0.29, 0.717) is 0 Å². The Morgan fingerprint density at radius 2 is 1.75 bits per heavy atom. The van der Waals surface area contributed by atoms with Crippen LogP contribution in [0.25, 0.3) is 0 Å². The number of Topliss-reactive ketones (excluding diaryl/α,β-unsaturated/α-hetero) is 1. The highest BCUT2D eigenvalue weighted by molar-refractivity contribution is 5.85. The van der Waals surface area contributed by atoms with Crippen molar-refractivity contribution in [3.8, 4) is 0 Å². The first-order valence-electron chi connectivity index (χ1n) is 5.06. The molecule has 0 bridgehead atoms. The molecule has 1 atom stereocenters. The first-order chi connectivity index (χ1) is 7.40. The molecule has 88 valence electrons. The van der Waals surface area contributed by atoms with Crippen LogP contribution in [0.15, 0.2) is 18.2 Å². The van der Waals surface area contributed by atoms with Crippen molar-refractivity contribution in [2.45, 2.75) is 26.4 Å². The third-order valence-electron chi connectivity index (χ3n) is 2.26. The zero-order chi connectivity index (χ0) is 12.3. The van der Waals surface area contributed by atoms with Crippen LogP contribution in [0.2, 0.25) is 0 Å². The number of aliphatic hydroxyl groups is 1. The van der Waals surface area contributed by atoms with Crippen molar-refractivity contribution in [1.82, 2.24) is 0 Å². The summed E-state index contributed by atoms with van der Waals surface area (Å²) < 4.78 is 25.6. The minimum absolute atomic E-state index is 0.159. The van der Waals surface area contributed by atoms with Gasteiger partial charge in [-0.1, -0.05) is 13.8 Å². The standard InChI is InChI=1S/C12H14F2O2/c1-7(2)12(16)11(15)5-8-3-9(13)6-10(14)4-8/h3-4,6-7,12,16H,5H2,1-2H3. The van der Waals surface area contributed by atoms with Gasteiger partial charge in [0.1, 0.15) is 17.7 Å². The predicted octanol–water partition coefficient (Wildman–Crippen LogP) is 2.09. The maximum Gasteiger partial charge on any atom is 0.165 e. The molecule has 1 aromatic rings. The smallest absolute Gasteiger partial charge is 0.165 e. The lowest BCUT2D eigenvalue weighted by Gasteiger charge is -2.12. The molecule has 0 saturated carbocycles. The molecule has 0 aliphatic carbocycles. The van der Waals surface area contributed by atoms with Gasteiger partial charge in [0.25, 0.3) is 0 Å². The van der Waals surface area contributed by atoms with E-state index >= 15 is 0 Å². The van der Waals surface area contributed by atoms with Gasteiger partial charge in [0.2, 0.25) is 0 Å². The average molecular weight is 228 g/mol. The van der Waals surface area contributed by atoms with Crippen LogP contribution in [0.1, 0.15) is 19.4 Å². The minimum Gasteiger partial charge on any atom is -0.385 e. The van der Waals surface area contributed by atoms with Crippen molar-refractivity contribution >= 4 is 5.78 Å². The molecule has 0 spiro atoms. The zero-order valence-electron chi connectivity index (χ0n) is 9.21. The van der Waals surface area contributed by atoms with Gasteiger partial charge >= 0.3 is 0 Å². The summed E-state index contributed by atoms with van der Waals surface area (Å²) in [4.78, 5) is 11.5. The zero-order valence-corrected chi connectivity index (χ0v) is 9.21. The van der Waals surface area contributed by atoms with E-state index in [4.69, 9.17) is 0 Å². The fourth-order valence-electron chi connectivity index (χ4n) is 1.39. The molecular weight excluding hydrogens is 214 g/mol. The monoisotopic (exact) mass is 228 g/mol. The summed E-state index contributed by atoms with van der Waals surface area (Å²) in [6, 6.07) is 2.93. The molecule has 16 heavy (non-hydrogen) atoms. The lowest BCUT2D eigenvalue weighted by atomic mass is 9.98. The van der Waals surface area contributed by atoms with E-state index in [1.54, 1.807) is 13.8 Å². The predicted molar refractivity (Wildman–Crippen MR) is 55.9 cm³/mol. The third-order valence-corrected chi connectivity index (χ3v) is 2.26. The van der Waals surface area contributed by atoms with Gasteiger partial charge < -0.3 is 5.11 Å². The van der Waals surface area contributed by atoms with Crippen LogP contribution >= 0.6 is 0 Å². The van der Waals surface area contributed by atoms with Crippen LogP contribution in [0, 0.1) is 17.6 Å². The summed E-state index contributed by atoms with van der Waals surface area (Å²) in [5.41, 5.74) is 0.238. The van der Waals surface area contributed by atoms with Crippen molar-refractivity contribution in [3.63, 3.8) is 0 Å². The number of aliphatic hydroxyl groups excluding tert-OH is 1. The molecule has 0 aliphatic rings. The summed E-state index contributed by atoms with van der Waals surface area (Å²) in [5, 5.41) is 9.46. The first-order valence-corrected chi connectivity index (χ1v) is 5.06. The molecule has 4 heteroatoms. The quantitative estimate of drug-likeness (QED) is 0.856. The van der Waals surface area contributed by atoms with E-state index in [2.05, 4.69) is 0 Å². The van der Waals surface area contributed by atoms with Gasteiger partial charge in [-0.15, -0.1) is 0 Å². The number of carbonyl (C=O) groups excluding carboxylic acids is 1. The van der Waals surface area contributed by atoms with E-state index in [1.807, 2.05) is 0 Å². The summed E-state index contributed by atoms with van der Waals surface area (Å²) in [6.07, 6.45) is -1.25. The molecule has 1 rings (SSSR count). The summed E-state index contributed by atoms with van der Waals surface area (Å²) >= 11 is 0. The number of ketones is 1. The Kier molecular flexibility index (Phi) is 4.12. The molecule has 0 aliphatic heterocycles. The molecule has 1 N–H and O–H groups in total. The van der Waals surface area contributed by atoms with Crippen molar-refractivity contribution < 1.29 is 18.7 Å². The Labute approximate surface area is 92.9 Å². The van der Waals surface area contributed by atoms with E-state index in [0.717, 1.165) is 18.2 Å². The van der Waals surface area contributed by atoms with Crippen molar-refractivity contribution in [1.29, 1.82) is 0 Å². The molecule has 0 radical (unpaired) electrons. The molecule has 1 aromatic carbocycles. The Bertz CT molecular complexity index is 368. The van der Waals surface area contributed by atoms with Gasteiger partial charge in [-0.05, 0) is 23.6 Å². The van der Waals surface area contributed by atoms with E-state index < -0.39 is 23.5 Å². The van der Waals surface area contributed by atoms with Crippen molar-refractivity contribution in [2.75, 3.05) is 0 Å². The van der Waals surface area contributed by atoms with Crippen LogP contribution < -0.4 is 0 Å². The number of hydrogen-bond donors (Lipinski definition) is 1. The Morgan fingerprint density at radius 1 is 1.25 bits per heavy atom. The highest BCUT2D eigenvalue weighted by Gasteiger charge is 2.19. The van der Waals surface area contributed by atoms with E-state index in [-0.39, 0.29) is 17.9 Å². The average Bonchev–Trinajstić information content (AvgIpc) is 2.14. The maximum absolute atomic E-state index is 12.8. The molecule has 0 saturated heterocycles. The molecule has 2 nitrogen and oxygen atoms in total. The number of carbonyl (C=O) groups is 1. The fourth-order valence-corrected chi connectivity index (χ4v) is 1.39. The Balaban J connectivity index is 2.77. The molecule has 0 heterocycles. The van der Waals surface area contributed by atoms with Crippen molar-refractivity contribution in [2.24, 2.45) is 5.92 Å². The molecular formula is C12H14F2O2. The van der Waals surface area contributed by atoms with Crippen molar-refractivity contribution in [3.05, 3.63) is 35.4 Å². The number of hydrogen-bond acceptors (Lipinski definition) is 2. The highest BCUT2D eigenvalue weighted by atomic mass is 19.1. The van der Waals surface area contributed by atoms with Gasteiger partial charge in [0.05, 0.1) is 0 Å². The second-order valence-corrected chi connectivity index (χ2v) is 4.11. The fraction of sp³-hybridized carbons (Fsp3) is 0.417. The molecule has 0 fully saturated rings. The van der Waals surface area contributed by atoms with Crippen LogP contribution in [0.3, 0.4) is 0 Å². The SMILES string of the molecule is CC(C)C(O)C(=O)Cc1cc(F)cc(F)c1. The maximum atomic E-state index is 12.8. The summed E-state index contributed by atoms with van der Waals surface area (Å²) in [6.45, 7) is 3.41. The van der Waals surface area contributed by atoms with Crippen LogP contribution in [-0.4, -0.2) is 17.0 Å². The first kappa shape index (κ1) is 12.8. The number of rotatable bonds is 4. The molecule has 0 aromatic heterocycles. The van der Waals surface area contributed by atoms with Gasteiger partial charge in [-0.25, -0.2) is 8.78 Å². The Hall–Kier alpha value is -1.29. The lowest BCUT2D eigenvalue weighted by Crippen LogP contribution is -2.27. The topological polar surface area (TPSA) is 37.3 Å². The van der Waals surface area contributed by atoms with Gasteiger partial charge in [-0.2, -0.15) is 0 Å². The highest BCUT2D eigenvalue weighted by Crippen LogP contribution is 2.11. The summed E-state index contributed by atoms with van der Waals surface area (Å²) in [7, 11) is 0. The van der Waals surface area contributed by atoms with Crippen LogP contribution in [-0.2, 0) is 11.2 Å². The van der Waals surface area contributed by atoms with Crippen LogP contribution in [0.5, 0.6) is 0 Å². The summed E-state index contributed by atoms with van der Waals surface area (Å²) in [5.74, 6) is -2.07. The second kappa shape index (κ2) is 5.16. The van der Waals surface area contributed by atoms with Gasteiger partial charge in [0.15, 0.2) is 5.78 Å². The molecule has 1 unspecified atom stereocenters. The number of halogens is 2. The minimum atomic E-state index is -1.09. The largest absolute Gasteiger partial charge is 0.385 e. The van der Waals surface area contributed by atoms with Crippen LogP contribution in [0.4, 0.5) is 8.78 Å². The lowest BCUT2D eigenvalue weighted by molar-refractivity contribution is -0.128. The van der Waals surface area contributed by atoms with E-state index in [1.165, 1.54) is 0 Å².